The molecule has 0 spiro atoms. The Morgan fingerprint density at radius 2 is 2.08 bits per heavy atom. The highest BCUT2D eigenvalue weighted by molar-refractivity contribution is 14.0. The second-order valence-electron chi connectivity index (χ2n) is 5.91. The van der Waals surface area contributed by atoms with Gasteiger partial charge >= 0.3 is 0 Å². The van der Waals surface area contributed by atoms with Crippen molar-refractivity contribution in [3.05, 3.63) is 30.1 Å². The van der Waals surface area contributed by atoms with Crippen LogP contribution in [-0.4, -0.2) is 56.0 Å². The van der Waals surface area contributed by atoms with E-state index in [1.165, 1.54) is 6.26 Å². The average molecular weight is 479 g/mol. The summed E-state index contributed by atoms with van der Waals surface area (Å²) in [5.41, 5.74) is 1.99. The van der Waals surface area contributed by atoms with Crippen molar-refractivity contribution in [2.24, 2.45) is 4.99 Å². The quantitative estimate of drug-likeness (QED) is 0.319. The van der Waals surface area contributed by atoms with Gasteiger partial charge < -0.3 is 15.6 Å². The van der Waals surface area contributed by atoms with Crippen molar-refractivity contribution in [2.45, 2.75) is 25.8 Å². The Balaban J connectivity index is 0.00000312. The van der Waals surface area contributed by atoms with Gasteiger partial charge in [-0.25, -0.2) is 13.4 Å². The van der Waals surface area contributed by atoms with E-state index < -0.39 is 9.84 Å². The minimum Gasteiger partial charge on any atom is -0.356 e. The molecule has 0 fully saturated rings. The van der Waals surface area contributed by atoms with Crippen LogP contribution >= 0.6 is 24.0 Å². The number of aromatic nitrogens is 2. The van der Waals surface area contributed by atoms with Crippen LogP contribution in [0.25, 0.3) is 11.0 Å². The number of hydrogen-bond donors (Lipinski definition) is 3. The van der Waals surface area contributed by atoms with E-state index in [0.29, 0.717) is 18.9 Å². The Kier molecular flexibility index (Phi) is 8.63. The molecule has 1 atom stereocenters. The van der Waals surface area contributed by atoms with Crippen LogP contribution in [0, 0.1) is 0 Å². The van der Waals surface area contributed by atoms with Crippen molar-refractivity contribution in [1.82, 2.24) is 20.6 Å². The molecular formula is C16H26IN5O2S. The third-order valence-corrected chi connectivity index (χ3v) is 4.60. The number of aliphatic imine (C=N–C) groups is 1. The number of fused-ring (bicyclic) bond motifs is 1. The summed E-state index contributed by atoms with van der Waals surface area (Å²) >= 11 is 0. The topological polar surface area (TPSA) is 99.2 Å². The zero-order valence-corrected chi connectivity index (χ0v) is 17.9. The summed E-state index contributed by atoms with van der Waals surface area (Å²) in [5.74, 6) is 1.74. The van der Waals surface area contributed by atoms with E-state index in [1.54, 1.807) is 7.05 Å². The van der Waals surface area contributed by atoms with Gasteiger partial charge in [-0.3, -0.25) is 4.99 Å². The number of nitrogens with one attached hydrogen (secondary N) is 3. The first-order chi connectivity index (χ1) is 11.4. The molecular weight excluding hydrogens is 453 g/mol. The van der Waals surface area contributed by atoms with Crippen LogP contribution in [-0.2, 0) is 16.3 Å². The van der Waals surface area contributed by atoms with Crippen molar-refractivity contribution < 1.29 is 8.42 Å². The highest BCUT2D eigenvalue weighted by Crippen LogP contribution is 2.10. The number of para-hydroxylation sites is 2. The first kappa shape index (κ1) is 21.7. The molecule has 0 aliphatic rings. The molecule has 0 aliphatic carbocycles. The molecule has 1 aromatic heterocycles. The molecule has 25 heavy (non-hydrogen) atoms. The van der Waals surface area contributed by atoms with E-state index in [-0.39, 0.29) is 35.8 Å². The van der Waals surface area contributed by atoms with Crippen LogP contribution in [0.4, 0.5) is 0 Å². The molecule has 1 aromatic carbocycles. The molecule has 0 aliphatic heterocycles. The molecule has 140 valence electrons. The molecule has 1 heterocycles. The molecule has 0 saturated heterocycles. The molecule has 1 unspecified atom stereocenters. The molecule has 2 rings (SSSR count). The smallest absolute Gasteiger partial charge is 0.191 e. The van der Waals surface area contributed by atoms with Gasteiger partial charge in [0, 0.05) is 32.3 Å². The standard InChI is InChI=1S/C16H25N5O2S.HI/c1-12(9-11-24(3,22)23)19-16(17-2)18-10-8-15-20-13-6-4-5-7-14(13)21-15;/h4-7,12H,8-11H2,1-3H3,(H,20,21)(H2,17,18,19);1H. The predicted octanol–water partition coefficient (Wildman–Crippen LogP) is 1.71. The normalized spacial score (nSPS) is 13.3. The minimum atomic E-state index is -2.94. The highest BCUT2D eigenvalue weighted by Gasteiger charge is 2.09. The molecule has 0 amide bonds. The van der Waals surface area contributed by atoms with E-state index in [9.17, 15) is 8.42 Å². The van der Waals surface area contributed by atoms with Crippen LogP contribution in [0.5, 0.6) is 0 Å². The van der Waals surface area contributed by atoms with Crippen LogP contribution in [0.1, 0.15) is 19.2 Å². The number of rotatable bonds is 7. The number of benzene rings is 1. The summed E-state index contributed by atoms with van der Waals surface area (Å²) in [6.45, 7) is 2.62. The van der Waals surface area contributed by atoms with Crippen LogP contribution < -0.4 is 10.6 Å². The average Bonchev–Trinajstić information content (AvgIpc) is 2.94. The monoisotopic (exact) mass is 479 g/mol. The Morgan fingerprint density at radius 1 is 1.36 bits per heavy atom. The lowest BCUT2D eigenvalue weighted by Crippen LogP contribution is -2.43. The molecule has 7 nitrogen and oxygen atoms in total. The number of sulfone groups is 1. The maximum atomic E-state index is 11.2. The van der Waals surface area contributed by atoms with Gasteiger partial charge in [0.15, 0.2) is 5.96 Å². The van der Waals surface area contributed by atoms with E-state index >= 15 is 0 Å². The SMILES string of the molecule is CN=C(NCCc1nc2ccccc2[nH]1)NC(C)CCS(C)(=O)=O.I. The Labute approximate surface area is 166 Å². The number of guanidine groups is 1. The molecule has 0 saturated carbocycles. The highest BCUT2D eigenvalue weighted by atomic mass is 127. The Hall–Kier alpha value is -1.36. The molecule has 0 bridgehead atoms. The van der Waals surface area contributed by atoms with Crippen LogP contribution in [0.2, 0.25) is 0 Å². The van der Waals surface area contributed by atoms with Gasteiger partial charge in [0.2, 0.25) is 0 Å². The fourth-order valence-electron chi connectivity index (χ4n) is 2.31. The molecule has 2 aromatic rings. The summed E-state index contributed by atoms with van der Waals surface area (Å²) in [6, 6.07) is 7.95. The predicted molar refractivity (Wildman–Crippen MR) is 113 cm³/mol. The Bertz CT molecular complexity index is 771. The maximum absolute atomic E-state index is 11.2. The number of halogens is 1. The maximum Gasteiger partial charge on any atom is 0.191 e. The fourth-order valence-corrected chi connectivity index (χ4v) is 3.10. The van der Waals surface area contributed by atoms with Crippen molar-refractivity contribution in [3.8, 4) is 0 Å². The zero-order valence-electron chi connectivity index (χ0n) is 14.7. The van der Waals surface area contributed by atoms with Gasteiger partial charge in [-0.1, -0.05) is 12.1 Å². The second-order valence-corrected chi connectivity index (χ2v) is 8.17. The third kappa shape index (κ3) is 7.59. The largest absolute Gasteiger partial charge is 0.356 e. The van der Waals surface area contributed by atoms with Crippen LogP contribution in [0.15, 0.2) is 29.3 Å². The van der Waals surface area contributed by atoms with Crippen molar-refractivity contribution in [1.29, 1.82) is 0 Å². The van der Waals surface area contributed by atoms with Crippen LogP contribution in [0.3, 0.4) is 0 Å². The third-order valence-electron chi connectivity index (χ3n) is 3.62. The number of imidazole rings is 1. The summed E-state index contributed by atoms with van der Waals surface area (Å²) in [5, 5.41) is 6.42. The van der Waals surface area contributed by atoms with Crippen molar-refractivity contribution >= 4 is 50.8 Å². The van der Waals surface area contributed by atoms with E-state index in [2.05, 4.69) is 25.6 Å². The summed E-state index contributed by atoms with van der Waals surface area (Å²) < 4.78 is 22.4. The lowest BCUT2D eigenvalue weighted by Gasteiger charge is -2.17. The number of aromatic amines is 1. The van der Waals surface area contributed by atoms with E-state index in [4.69, 9.17) is 0 Å². The lowest BCUT2D eigenvalue weighted by atomic mass is 10.3. The van der Waals surface area contributed by atoms with Gasteiger partial charge in [-0.05, 0) is 25.5 Å². The summed E-state index contributed by atoms with van der Waals surface area (Å²) in [6.07, 6.45) is 2.54. The van der Waals surface area contributed by atoms with Gasteiger partial charge in [-0.2, -0.15) is 0 Å². The van der Waals surface area contributed by atoms with Gasteiger partial charge in [0.25, 0.3) is 0 Å². The molecule has 3 N–H and O–H groups in total. The van der Waals surface area contributed by atoms with E-state index in [1.807, 2.05) is 31.2 Å². The van der Waals surface area contributed by atoms with Crippen molar-refractivity contribution in [2.75, 3.05) is 25.6 Å². The van der Waals surface area contributed by atoms with E-state index in [0.717, 1.165) is 23.3 Å². The summed E-state index contributed by atoms with van der Waals surface area (Å²) in [7, 11) is -1.25. The van der Waals surface area contributed by atoms with Gasteiger partial charge in [0.1, 0.15) is 15.7 Å². The lowest BCUT2D eigenvalue weighted by molar-refractivity contribution is 0.581. The number of hydrogen-bond acceptors (Lipinski definition) is 4. The molecule has 9 heteroatoms. The Morgan fingerprint density at radius 3 is 2.72 bits per heavy atom. The minimum absolute atomic E-state index is 0. The molecule has 0 radical (unpaired) electrons. The van der Waals surface area contributed by atoms with Crippen molar-refractivity contribution in [3.63, 3.8) is 0 Å². The number of nitrogens with zero attached hydrogens (tertiary/aromatic N) is 2. The number of H-pyrrole nitrogens is 1. The van der Waals surface area contributed by atoms with Gasteiger partial charge in [-0.15, -0.1) is 24.0 Å². The fraction of sp³-hybridized carbons (Fsp3) is 0.500. The van der Waals surface area contributed by atoms with Gasteiger partial charge in [0.05, 0.1) is 16.8 Å². The summed E-state index contributed by atoms with van der Waals surface area (Å²) in [4.78, 5) is 12.0. The zero-order chi connectivity index (χ0) is 17.6. The first-order valence-corrected chi connectivity index (χ1v) is 10.0. The second kappa shape index (κ2) is 9.95. The first-order valence-electron chi connectivity index (χ1n) is 7.96.